The molecule has 0 amide bonds. The molecule has 0 spiro atoms. The molecule has 0 radical (unpaired) electrons. The van der Waals surface area contributed by atoms with Crippen LogP contribution in [0.15, 0.2) is 0 Å². The largest absolute Gasteiger partial charge is 0.371 e. The summed E-state index contributed by atoms with van der Waals surface area (Å²) in [4.78, 5) is 2.45. The average Bonchev–Trinajstić information content (AvgIpc) is 2.79. The Morgan fingerprint density at radius 3 is 2.58 bits per heavy atom. The van der Waals surface area contributed by atoms with Crippen molar-refractivity contribution in [3.05, 3.63) is 11.3 Å². The number of nitrogens with zero attached hydrogens (tertiary/aromatic N) is 3. The van der Waals surface area contributed by atoms with Crippen LogP contribution in [-0.2, 0) is 18.2 Å². The van der Waals surface area contributed by atoms with Gasteiger partial charge in [0.2, 0.25) is 0 Å². The van der Waals surface area contributed by atoms with E-state index in [0.29, 0.717) is 12.2 Å². The smallest absolute Gasteiger partial charge is 0.130 e. The molecule has 2 saturated heterocycles. The molecular formula is C14H24N4O. The van der Waals surface area contributed by atoms with Crippen LogP contribution in [0.3, 0.4) is 0 Å². The van der Waals surface area contributed by atoms with Crippen LogP contribution in [0.1, 0.15) is 31.0 Å². The number of hydrogen-bond acceptors (Lipinski definition) is 4. The maximum atomic E-state index is 5.99. The van der Waals surface area contributed by atoms with Gasteiger partial charge in [0, 0.05) is 31.7 Å². The first-order chi connectivity index (χ1) is 9.04. The molecule has 106 valence electrons. The lowest BCUT2D eigenvalue weighted by molar-refractivity contribution is 0.0299. The first-order valence-electron chi connectivity index (χ1n) is 7.23. The zero-order valence-electron chi connectivity index (χ0n) is 12.1. The SMILES string of the molecule is Cc1nn(C)c(N2CC3CCC(C2)O3)c1CC(C)N. The van der Waals surface area contributed by atoms with E-state index in [2.05, 4.69) is 23.8 Å². The maximum Gasteiger partial charge on any atom is 0.130 e. The van der Waals surface area contributed by atoms with Crippen LogP contribution in [0.2, 0.25) is 0 Å². The lowest BCUT2D eigenvalue weighted by atomic mass is 10.1. The number of fused-ring (bicyclic) bond motifs is 2. The number of morpholine rings is 1. The van der Waals surface area contributed by atoms with E-state index in [9.17, 15) is 0 Å². The Morgan fingerprint density at radius 1 is 1.37 bits per heavy atom. The maximum absolute atomic E-state index is 5.99. The Balaban J connectivity index is 1.91. The molecule has 3 unspecified atom stereocenters. The molecule has 5 heteroatoms. The Hall–Kier alpha value is -1.07. The molecule has 3 heterocycles. The molecule has 0 aromatic carbocycles. The van der Waals surface area contributed by atoms with Gasteiger partial charge in [-0.25, -0.2) is 0 Å². The predicted molar refractivity (Wildman–Crippen MR) is 75.4 cm³/mol. The summed E-state index contributed by atoms with van der Waals surface area (Å²) < 4.78 is 7.93. The van der Waals surface area contributed by atoms with E-state index in [4.69, 9.17) is 10.5 Å². The minimum atomic E-state index is 0.166. The fourth-order valence-corrected chi connectivity index (χ4v) is 3.43. The van der Waals surface area contributed by atoms with Crippen molar-refractivity contribution in [2.75, 3.05) is 18.0 Å². The topological polar surface area (TPSA) is 56.3 Å². The fraction of sp³-hybridized carbons (Fsp3) is 0.786. The molecule has 1 aromatic rings. The van der Waals surface area contributed by atoms with Gasteiger partial charge in [0.05, 0.1) is 17.9 Å². The predicted octanol–water partition coefficient (Wildman–Crippen LogP) is 0.986. The second-order valence-electron chi connectivity index (χ2n) is 6.06. The summed E-state index contributed by atoms with van der Waals surface area (Å²) in [6, 6.07) is 0.166. The highest BCUT2D eigenvalue weighted by Gasteiger charge is 2.35. The Bertz CT molecular complexity index is 456. The van der Waals surface area contributed by atoms with Gasteiger partial charge in [0.15, 0.2) is 0 Å². The zero-order chi connectivity index (χ0) is 13.6. The number of hydrogen-bond donors (Lipinski definition) is 1. The minimum Gasteiger partial charge on any atom is -0.371 e. The summed E-state index contributed by atoms with van der Waals surface area (Å²) in [5.74, 6) is 1.25. The highest BCUT2D eigenvalue weighted by atomic mass is 16.5. The van der Waals surface area contributed by atoms with Crippen molar-refractivity contribution < 1.29 is 4.74 Å². The first kappa shape index (κ1) is 12.9. The Morgan fingerprint density at radius 2 is 2.00 bits per heavy atom. The summed E-state index contributed by atoms with van der Waals surface area (Å²) in [6.45, 7) is 6.11. The molecule has 2 bridgehead atoms. The normalized spacial score (nSPS) is 27.9. The van der Waals surface area contributed by atoms with Crippen LogP contribution in [-0.4, -0.2) is 41.1 Å². The zero-order valence-corrected chi connectivity index (χ0v) is 12.1. The number of nitrogens with two attached hydrogens (primary N) is 1. The molecule has 2 aliphatic heterocycles. The molecule has 0 saturated carbocycles. The molecule has 3 atom stereocenters. The molecule has 0 aliphatic carbocycles. The number of aryl methyl sites for hydroxylation is 2. The highest BCUT2D eigenvalue weighted by molar-refractivity contribution is 5.51. The number of anilines is 1. The van der Waals surface area contributed by atoms with E-state index < -0.39 is 0 Å². The summed E-state index contributed by atoms with van der Waals surface area (Å²) in [5.41, 5.74) is 8.40. The van der Waals surface area contributed by atoms with Crippen molar-refractivity contribution in [3.8, 4) is 0 Å². The molecule has 2 N–H and O–H groups in total. The van der Waals surface area contributed by atoms with Crippen molar-refractivity contribution >= 4 is 5.82 Å². The summed E-state index contributed by atoms with van der Waals surface area (Å²) >= 11 is 0. The average molecular weight is 264 g/mol. The van der Waals surface area contributed by atoms with Crippen molar-refractivity contribution in [1.29, 1.82) is 0 Å². The van der Waals surface area contributed by atoms with Gasteiger partial charge in [0.1, 0.15) is 5.82 Å². The van der Waals surface area contributed by atoms with Crippen LogP contribution in [0.5, 0.6) is 0 Å². The van der Waals surface area contributed by atoms with Gasteiger partial charge in [-0.1, -0.05) is 0 Å². The highest BCUT2D eigenvalue weighted by Crippen LogP contribution is 2.32. The van der Waals surface area contributed by atoms with Crippen molar-refractivity contribution in [3.63, 3.8) is 0 Å². The summed E-state index contributed by atoms with van der Waals surface area (Å²) in [5, 5.41) is 4.59. The van der Waals surface area contributed by atoms with Gasteiger partial charge in [-0.05, 0) is 33.1 Å². The molecule has 2 fully saturated rings. The second-order valence-corrected chi connectivity index (χ2v) is 6.06. The van der Waals surface area contributed by atoms with E-state index >= 15 is 0 Å². The first-order valence-corrected chi connectivity index (χ1v) is 7.23. The van der Waals surface area contributed by atoms with E-state index in [1.807, 2.05) is 11.7 Å². The third-order valence-corrected chi connectivity index (χ3v) is 4.18. The Labute approximate surface area is 114 Å². The van der Waals surface area contributed by atoms with E-state index in [1.165, 1.54) is 24.2 Å². The number of rotatable bonds is 3. The van der Waals surface area contributed by atoms with E-state index in [-0.39, 0.29) is 6.04 Å². The molecular weight excluding hydrogens is 240 g/mol. The lowest BCUT2D eigenvalue weighted by Gasteiger charge is -2.34. The quantitative estimate of drug-likeness (QED) is 0.884. The summed E-state index contributed by atoms with van der Waals surface area (Å²) in [7, 11) is 2.03. The van der Waals surface area contributed by atoms with Crippen LogP contribution >= 0.6 is 0 Å². The van der Waals surface area contributed by atoms with Gasteiger partial charge in [-0.15, -0.1) is 0 Å². The van der Waals surface area contributed by atoms with Gasteiger partial charge in [-0.3, -0.25) is 4.68 Å². The third-order valence-electron chi connectivity index (χ3n) is 4.18. The van der Waals surface area contributed by atoms with Crippen molar-refractivity contribution in [1.82, 2.24) is 9.78 Å². The van der Waals surface area contributed by atoms with Crippen molar-refractivity contribution in [2.24, 2.45) is 12.8 Å². The fourth-order valence-electron chi connectivity index (χ4n) is 3.43. The van der Waals surface area contributed by atoms with Crippen LogP contribution in [0, 0.1) is 6.92 Å². The Kier molecular flexibility index (Phi) is 3.27. The van der Waals surface area contributed by atoms with Gasteiger partial charge >= 0.3 is 0 Å². The molecule has 5 nitrogen and oxygen atoms in total. The molecule has 3 rings (SSSR count). The molecule has 19 heavy (non-hydrogen) atoms. The van der Waals surface area contributed by atoms with Crippen LogP contribution < -0.4 is 10.6 Å². The van der Waals surface area contributed by atoms with Crippen molar-refractivity contribution in [2.45, 2.75) is 51.4 Å². The van der Waals surface area contributed by atoms with Crippen LogP contribution in [0.25, 0.3) is 0 Å². The minimum absolute atomic E-state index is 0.166. The summed E-state index contributed by atoms with van der Waals surface area (Å²) in [6.07, 6.45) is 4.08. The molecule has 1 aromatic heterocycles. The van der Waals surface area contributed by atoms with E-state index in [0.717, 1.165) is 25.2 Å². The monoisotopic (exact) mass is 264 g/mol. The number of ether oxygens (including phenoxy) is 1. The van der Waals surface area contributed by atoms with Gasteiger partial charge < -0.3 is 15.4 Å². The number of aromatic nitrogens is 2. The lowest BCUT2D eigenvalue weighted by Crippen LogP contribution is -2.44. The van der Waals surface area contributed by atoms with Gasteiger partial charge in [-0.2, -0.15) is 5.10 Å². The standard InChI is InChI=1S/C14H24N4O/c1-9(15)6-13-10(2)16-17(3)14(13)18-7-11-4-5-12(8-18)19-11/h9,11-12H,4-8,15H2,1-3H3. The molecule has 2 aliphatic rings. The van der Waals surface area contributed by atoms with E-state index in [1.54, 1.807) is 0 Å². The van der Waals surface area contributed by atoms with Gasteiger partial charge in [0.25, 0.3) is 0 Å². The van der Waals surface area contributed by atoms with Crippen LogP contribution in [0.4, 0.5) is 5.82 Å². The second kappa shape index (κ2) is 4.80. The third kappa shape index (κ3) is 2.37.